The highest BCUT2D eigenvalue weighted by Crippen LogP contribution is 2.17. The van der Waals surface area contributed by atoms with Gasteiger partial charge in [-0.3, -0.25) is 4.98 Å². The Morgan fingerprint density at radius 1 is 1.22 bits per heavy atom. The van der Waals surface area contributed by atoms with E-state index in [-0.39, 0.29) is 0 Å². The molecule has 0 aromatic carbocycles. The average molecular weight is 238 g/mol. The van der Waals surface area contributed by atoms with Crippen LogP contribution < -0.4 is 5.32 Å². The van der Waals surface area contributed by atoms with Crippen molar-refractivity contribution in [2.75, 3.05) is 5.32 Å². The van der Waals surface area contributed by atoms with E-state index in [1.54, 1.807) is 12.4 Å². The molecular weight excluding hydrogens is 224 g/mol. The maximum atomic E-state index is 4.49. The number of allylic oxidation sites excluding steroid dienone is 4. The van der Waals surface area contributed by atoms with Gasteiger partial charge in [0.1, 0.15) is 0 Å². The molecule has 4 heteroatoms. The first kappa shape index (κ1) is 10.8. The van der Waals surface area contributed by atoms with Gasteiger partial charge in [-0.2, -0.15) is 5.10 Å². The van der Waals surface area contributed by atoms with E-state index in [4.69, 9.17) is 0 Å². The van der Waals surface area contributed by atoms with Gasteiger partial charge >= 0.3 is 0 Å². The molecule has 1 aliphatic carbocycles. The number of pyridine rings is 1. The van der Waals surface area contributed by atoms with Crippen molar-refractivity contribution in [1.82, 2.24) is 14.8 Å². The maximum Gasteiger partial charge on any atom is 0.152 e. The third-order valence-corrected chi connectivity index (χ3v) is 2.76. The van der Waals surface area contributed by atoms with Crippen LogP contribution in [0.4, 0.5) is 11.5 Å². The van der Waals surface area contributed by atoms with E-state index in [0.29, 0.717) is 0 Å². The summed E-state index contributed by atoms with van der Waals surface area (Å²) in [7, 11) is 0. The summed E-state index contributed by atoms with van der Waals surface area (Å²) in [4.78, 5) is 4.06. The van der Waals surface area contributed by atoms with Crippen LogP contribution >= 0.6 is 0 Å². The number of hydrogen-bond donors (Lipinski definition) is 1. The van der Waals surface area contributed by atoms with Crippen molar-refractivity contribution in [3.05, 3.63) is 55.0 Å². The molecule has 1 N–H and O–H groups in total. The lowest BCUT2D eigenvalue weighted by Crippen LogP contribution is -1.99. The Bertz CT molecular complexity index is 581. The summed E-state index contributed by atoms with van der Waals surface area (Å²) in [5.74, 6) is 0.822. The number of nitrogens with one attached hydrogen (secondary N) is 1. The van der Waals surface area contributed by atoms with E-state index in [1.807, 2.05) is 29.1 Å². The lowest BCUT2D eigenvalue weighted by Gasteiger charge is -2.06. The van der Waals surface area contributed by atoms with Crippen LogP contribution in [0.3, 0.4) is 0 Å². The Morgan fingerprint density at radius 2 is 2.22 bits per heavy atom. The minimum atomic E-state index is 0.822. The molecule has 0 unspecified atom stereocenters. The van der Waals surface area contributed by atoms with E-state index >= 15 is 0 Å². The van der Waals surface area contributed by atoms with Crippen molar-refractivity contribution in [2.45, 2.75) is 12.8 Å². The second-order valence-electron chi connectivity index (χ2n) is 4.12. The molecule has 0 saturated carbocycles. The topological polar surface area (TPSA) is 42.7 Å². The summed E-state index contributed by atoms with van der Waals surface area (Å²) >= 11 is 0. The van der Waals surface area contributed by atoms with Crippen LogP contribution in [0.25, 0.3) is 5.70 Å². The molecule has 0 spiro atoms. The van der Waals surface area contributed by atoms with E-state index < -0.39 is 0 Å². The molecule has 0 fully saturated rings. The number of nitrogens with zero attached hydrogens (tertiary/aromatic N) is 3. The zero-order valence-corrected chi connectivity index (χ0v) is 9.95. The van der Waals surface area contributed by atoms with Crippen molar-refractivity contribution in [3.8, 4) is 0 Å². The summed E-state index contributed by atoms with van der Waals surface area (Å²) in [6.07, 6.45) is 14.2. The van der Waals surface area contributed by atoms with E-state index in [9.17, 15) is 0 Å². The molecule has 0 radical (unpaired) electrons. The normalized spacial score (nSPS) is 14.3. The fraction of sp³-hybridized carbons (Fsp3) is 0.143. The van der Waals surface area contributed by atoms with Gasteiger partial charge in [0.05, 0.1) is 17.6 Å². The van der Waals surface area contributed by atoms with Gasteiger partial charge in [0.15, 0.2) is 5.82 Å². The van der Waals surface area contributed by atoms with Gasteiger partial charge in [-0.1, -0.05) is 12.2 Å². The van der Waals surface area contributed by atoms with E-state index in [2.05, 4.69) is 33.6 Å². The van der Waals surface area contributed by atoms with Crippen LogP contribution in [0.5, 0.6) is 0 Å². The fourth-order valence-corrected chi connectivity index (χ4v) is 1.89. The lowest BCUT2D eigenvalue weighted by molar-refractivity contribution is 0.892. The van der Waals surface area contributed by atoms with Gasteiger partial charge < -0.3 is 5.32 Å². The van der Waals surface area contributed by atoms with Gasteiger partial charge in [-0.15, -0.1) is 0 Å². The van der Waals surface area contributed by atoms with Crippen LogP contribution in [-0.2, 0) is 0 Å². The molecule has 0 amide bonds. The Hall–Kier alpha value is -2.36. The van der Waals surface area contributed by atoms with Gasteiger partial charge in [0, 0.05) is 18.5 Å². The monoisotopic (exact) mass is 238 g/mol. The molecule has 2 aromatic heterocycles. The predicted octanol–water partition coefficient (Wildman–Crippen LogP) is 3.21. The highest BCUT2D eigenvalue weighted by Gasteiger charge is 2.03. The molecule has 4 nitrogen and oxygen atoms in total. The van der Waals surface area contributed by atoms with Gasteiger partial charge in [0.2, 0.25) is 0 Å². The maximum absolute atomic E-state index is 4.49. The summed E-state index contributed by atoms with van der Waals surface area (Å²) in [6, 6.07) is 5.81. The minimum absolute atomic E-state index is 0.822. The first-order valence-electron chi connectivity index (χ1n) is 6.02. The molecule has 0 saturated heterocycles. The zero-order valence-electron chi connectivity index (χ0n) is 9.95. The first-order valence-corrected chi connectivity index (χ1v) is 6.02. The molecule has 2 aromatic rings. The van der Waals surface area contributed by atoms with Crippen LogP contribution in [0, 0.1) is 0 Å². The van der Waals surface area contributed by atoms with E-state index in [0.717, 1.165) is 30.0 Å². The number of hydrogen-bond acceptors (Lipinski definition) is 3. The van der Waals surface area contributed by atoms with Gasteiger partial charge in [-0.05, 0) is 31.1 Å². The average Bonchev–Trinajstić information content (AvgIpc) is 2.89. The number of aromatic nitrogens is 3. The largest absolute Gasteiger partial charge is 0.337 e. The van der Waals surface area contributed by atoms with Gasteiger partial charge in [-0.25, -0.2) is 4.68 Å². The van der Waals surface area contributed by atoms with Gasteiger partial charge in [0.25, 0.3) is 0 Å². The van der Waals surface area contributed by atoms with Crippen molar-refractivity contribution in [3.63, 3.8) is 0 Å². The van der Waals surface area contributed by atoms with Crippen LogP contribution in [0.2, 0.25) is 0 Å². The molecule has 2 heterocycles. The van der Waals surface area contributed by atoms with Crippen LogP contribution in [0.15, 0.2) is 55.0 Å². The summed E-state index contributed by atoms with van der Waals surface area (Å²) in [5, 5.41) is 7.71. The molecule has 0 aliphatic heterocycles. The summed E-state index contributed by atoms with van der Waals surface area (Å²) in [6.45, 7) is 0. The minimum Gasteiger partial charge on any atom is -0.337 e. The smallest absolute Gasteiger partial charge is 0.152 e. The Kier molecular flexibility index (Phi) is 2.92. The lowest BCUT2D eigenvalue weighted by atomic mass is 10.1. The molecule has 18 heavy (non-hydrogen) atoms. The van der Waals surface area contributed by atoms with Crippen molar-refractivity contribution in [2.24, 2.45) is 0 Å². The molecule has 90 valence electrons. The Labute approximate surface area is 106 Å². The molecule has 1 aliphatic rings. The highest BCUT2D eigenvalue weighted by molar-refractivity contribution is 5.60. The van der Waals surface area contributed by atoms with Crippen LogP contribution in [0.1, 0.15) is 12.8 Å². The molecule has 0 bridgehead atoms. The van der Waals surface area contributed by atoms with Crippen molar-refractivity contribution in [1.29, 1.82) is 0 Å². The Morgan fingerprint density at radius 3 is 3.00 bits per heavy atom. The second kappa shape index (κ2) is 4.87. The van der Waals surface area contributed by atoms with Crippen molar-refractivity contribution >= 4 is 17.2 Å². The first-order chi connectivity index (χ1) is 8.92. The second-order valence-corrected chi connectivity index (χ2v) is 4.12. The van der Waals surface area contributed by atoms with Crippen molar-refractivity contribution < 1.29 is 0 Å². The number of anilines is 2. The Balaban J connectivity index is 1.78. The SMILES string of the molecule is C1=CC(n2ccc(Nc3cccnc3)n2)=CCC1. The molecule has 0 atom stereocenters. The summed E-state index contributed by atoms with van der Waals surface area (Å²) in [5.41, 5.74) is 2.07. The standard InChI is InChI=1S/C14H14N4/c1-2-6-13(7-3-1)18-10-8-14(17-18)16-12-5-4-9-15-11-12/h2,4-11H,1,3H2,(H,16,17). The third-order valence-electron chi connectivity index (χ3n) is 2.76. The zero-order chi connectivity index (χ0) is 12.2. The van der Waals surface area contributed by atoms with Crippen LogP contribution in [-0.4, -0.2) is 14.8 Å². The summed E-state index contributed by atoms with van der Waals surface area (Å²) < 4.78 is 1.88. The molecular formula is C14H14N4. The molecule has 3 rings (SSSR count). The fourth-order valence-electron chi connectivity index (χ4n) is 1.89. The number of rotatable bonds is 3. The predicted molar refractivity (Wildman–Crippen MR) is 72.4 cm³/mol. The quantitative estimate of drug-likeness (QED) is 0.892. The highest BCUT2D eigenvalue weighted by atomic mass is 15.3. The third kappa shape index (κ3) is 2.32. The van der Waals surface area contributed by atoms with E-state index in [1.165, 1.54) is 0 Å².